The highest BCUT2D eigenvalue weighted by atomic mass is 19.4. The van der Waals surface area contributed by atoms with Crippen LogP contribution in [0.2, 0.25) is 0 Å². The molecule has 0 radical (unpaired) electrons. The number of hydrogen-bond acceptors (Lipinski definition) is 4. The number of nitrogens with zero attached hydrogens (tertiary/aromatic N) is 2. The summed E-state index contributed by atoms with van der Waals surface area (Å²) < 4.78 is 31.7. The highest BCUT2D eigenvalue weighted by Crippen LogP contribution is 2.39. The number of carboxylic acid groups (broad SMARTS) is 1. The van der Waals surface area contributed by atoms with Crippen LogP contribution in [0.5, 0.6) is 0 Å². The fourth-order valence-electron chi connectivity index (χ4n) is 4.16. The number of amides is 2. The topological polar surface area (TPSA) is 99.6 Å². The zero-order valence-corrected chi connectivity index (χ0v) is 17.9. The van der Waals surface area contributed by atoms with E-state index in [0.717, 1.165) is 30.4 Å². The van der Waals surface area contributed by atoms with Gasteiger partial charge in [0.25, 0.3) is 5.91 Å². The normalized spacial score (nSPS) is 19.5. The van der Waals surface area contributed by atoms with Crippen molar-refractivity contribution in [3.8, 4) is 0 Å². The molecule has 4 rings (SSSR count). The van der Waals surface area contributed by atoms with Crippen LogP contribution in [0, 0.1) is 6.92 Å². The maximum Gasteiger partial charge on any atom is 0.490 e. The van der Waals surface area contributed by atoms with Crippen molar-refractivity contribution in [2.75, 3.05) is 13.1 Å². The van der Waals surface area contributed by atoms with E-state index < -0.39 is 12.1 Å². The van der Waals surface area contributed by atoms with Crippen LogP contribution in [0.3, 0.4) is 0 Å². The van der Waals surface area contributed by atoms with E-state index in [4.69, 9.17) is 9.90 Å². The molecule has 1 aromatic heterocycles. The number of benzene rings is 1. The molecule has 2 aliphatic rings. The van der Waals surface area contributed by atoms with Crippen LogP contribution < -0.4 is 5.32 Å². The molecule has 7 nitrogen and oxygen atoms in total. The molecule has 2 aliphatic heterocycles. The van der Waals surface area contributed by atoms with Crippen LogP contribution in [-0.4, -0.2) is 57.6 Å². The Balaban J connectivity index is 0.000000383. The lowest BCUT2D eigenvalue weighted by Crippen LogP contribution is -2.52. The van der Waals surface area contributed by atoms with Crippen molar-refractivity contribution in [2.24, 2.45) is 0 Å². The van der Waals surface area contributed by atoms with Crippen LogP contribution in [0.1, 0.15) is 46.7 Å². The number of pyridine rings is 1. The molecule has 1 spiro atoms. The predicted octanol–water partition coefficient (Wildman–Crippen LogP) is 3.30. The molecular weight excluding hydrogens is 439 g/mol. The van der Waals surface area contributed by atoms with E-state index in [9.17, 15) is 22.8 Å². The number of halogens is 3. The summed E-state index contributed by atoms with van der Waals surface area (Å²) in [6, 6.07) is 11.8. The van der Waals surface area contributed by atoms with Crippen molar-refractivity contribution < 1.29 is 32.7 Å². The molecule has 0 aliphatic carbocycles. The van der Waals surface area contributed by atoms with Crippen molar-refractivity contribution in [3.05, 3.63) is 65.5 Å². The number of aromatic nitrogens is 1. The second-order valence-electron chi connectivity index (χ2n) is 8.28. The fourth-order valence-corrected chi connectivity index (χ4v) is 4.16. The summed E-state index contributed by atoms with van der Waals surface area (Å²) >= 11 is 0. The first kappa shape index (κ1) is 24.2. The smallest absolute Gasteiger partial charge is 0.475 e. The Kier molecular flexibility index (Phi) is 7.04. The highest BCUT2D eigenvalue weighted by molar-refractivity contribution is 5.94. The maximum absolute atomic E-state index is 12.7. The van der Waals surface area contributed by atoms with E-state index in [2.05, 4.69) is 10.3 Å². The third-order valence-corrected chi connectivity index (χ3v) is 5.87. The van der Waals surface area contributed by atoms with E-state index in [-0.39, 0.29) is 23.3 Å². The van der Waals surface area contributed by atoms with Crippen molar-refractivity contribution >= 4 is 17.8 Å². The Hall–Kier alpha value is -3.43. The number of carbonyl (C=O) groups is 3. The van der Waals surface area contributed by atoms with Crippen molar-refractivity contribution in [2.45, 2.75) is 43.8 Å². The van der Waals surface area contributed by atoms with Gasteiger partial charge in [0.05, 0.1) is 11.5 Å². The summed E-state index contributed by atoms with van der Waals surface area (Å²) in [5, 5.41) is 10.4. The molecule has 0 bridgehead atoms. The summed E-state index contributed by atoms with van der Waals surface area (Å²) in [7, 11) is 0. The number of likely N-dealkylation sites (tertiary alicyclic amines) is 1. The van der Waals surface area contributed by atoms with Crippen molar-refractivity contribution in [3.63, 3.8) is 0 Å². The highest BCUT2D eigenvalue weighted by Gasteiger charge is 2.46. The van der Waals surface area contributed by atoms with Crippen LogP contribution >= 0.6 is 0 Å². The molecule has 1 atom stereocenters. The minimum absolute atomic E-state index is 0.0278. The first-order valence-corrected chi connectivity index (χ1v) is 10.4. The third-order valence-electron chi connectivity index (χ3n) is 5.87. The van der Waals surface area contributed by atoms with Gasteiger partial charge in [-0.05, 0) is 43.4 Å². The minimum atomic E-state index is -5.08. The molecule has 10 heteroatoms. The van der Waals surface area contributed by atoms with Gasteiger partial charge in [-0.2, -0.15) is 13.2 Å². The molecule has 1 unspecified atom stereocenters. The quantitative estimate of drug-likeness (QED) is 0.712. The molecule has 2 aromatic rings. The number of rotatable bonds is 2. The molecule has 3 heterocycles. The monoisotopic (exact) mass is 463 g/mol. The first-order chi connectivity index (χ1) is 15.5. The number of alkyl halides is 3. The Morgan fingerprint density at radius 1 is 1.15 bits per heavy atom. The second-order valence-corrected chi connectivity index (χ2v) is 8.28. The molecule has 2 fully saturated rings. The standard InChI is InChI=1S/C21H23N3O2.C2HF3O2/c1-15-11-17(14-22-13-15)20(26)24-9-7-21(8-10-24)12-18(19(25)23-21)16-5-3-2-4-6-16;3-2(4,5)1(6)7/h2-6,11,13-14,18H,7-10,12H2,1H3,(H,23,25);(H,6,7). The Labute approximate surface area is 188 Å². The van der Waals surface area contributed by atoms with Crippen molar-refractivity contribution in [1.82, 2.24) is 15.2 Å². The van der Waals surface area contributed by atoms with Gasteiger partial charge < -0.3 is 15.3 Å². The molecule has 2 N–H and O–H groups in total. The van der Waals surface area contributed by atoms with Crippen LogP contribution in [0.4, 0.5) is 13.2 Å². The Morgan fingerprint density at radius 2 is 1.76 bits per heavy atom. The van der Waals surface area contributed by atoms with Crippen molar-refractivity contribution in [1.29, 1.82) is 0 Å². The first-order valence-electron chi connectivity index (χ1n) is 10.4. The van der Waals surface area contributed by atoms with E-state index in [1.54, 1.807) is 12.4 Å². The predicted molar refractivity (Wildman–Crippen MR) is 112 cm³/mol. The average Bonchev–Trinajstić information content (AvgIpc) is 3.10. The van der Waals surface area contributed by atoms with Gasteiger partial charge in [-0.15, -0.1) is 0 Å². The van der Waals surface area contributed by atoms with Gasteiger partial charge >= 0.3 is 12.1 Å². The van der Waals surface area contributed by atoms with E-state index in [0.29, 0.717) is 18.7 Å². The summed E-state index contributed by atoms with van der Waals surface area (Å²) in [6.07, 6.45) is 0.701. The lowest BCUT2D eigenvalue weighted by atomic mass is 9.82. The molecule has 1 aromatic carbocycles. The Morgan fingerprint density at radius 3 is 2.30 bits per heavy atom. The Bertz CT molecular complexity index is 1020. The molecule has 33 heavy (non-hydrogen) atoms. The zero-order chi connectivity index (χ0) is 24.2. The average molecular weight is 463 g/mol. The lowest BCUT2D eigenvalue weighted by molar-refractivity contribution is -0.192. The summed E-state index contributed by atoms with van der Waals surface area (Å²) in [6.45, 7) is 3.26. The van der Waals surface area contributed by atoms with Gasteiger partial charge in [-0.25, -0.2) is 4.79 Å². The second kappa shape index (κ2) is 9.60. The molecule has 176 valence electrons. The number of carboxylic acids is 1. The van der Waals surface area contributed by atoms with E-state index in [1.807, 2.05) is 48.2 Å². The maximum atomic E-state index is 12.7. The van der Waals surface area contributed by atoms with Crippen LogP contribution in [-0.2, 0) is 9.59 Å². The van der Waals surface area contributed by atoms with E-state index in [1.165, 1.54) is 0 Å². The van der Waals surface area contributed by atoms with Crippen LogP contribution in [0.25, 0.3) is 0 Å². The number of hydrogen-bond donors (Lipinski definition) is 2. The number of piperidine rings is 1. The molecular formula is C23H24F3N3O4. The largest absolute Gasteiger partial charge is 0.490 e. The van der Waals surface area contributed by atoms with Gasteiger partial charge in [0.2, 0.25) is 5.91 Å². The van der Waals surface area contributed by atoms with E-state index >= 15 is 0 Å². The molecule has 2 amide bonds. The number of nitrogens with one attached hydrogen (secondary N) is 1. The number of carbonyl (C=O) groups excluding carboxylic acids is 2. The molecule has 0 saturated carbocycles. The SMILES string of the molecule is Cc1cncc(C(=O)N2CCC3(CC2)CC(c2ccccc2)C(=O)N3)c1.O=C(O)C(F)(F)F. The molecule has 2 saturated heterocycles. The van der Waals surface area contributed by atoms with Crippen LogP contribution in [0.15, 0.2) is 48.8 Å². The lowest BCUT2D eigenvalue weighted by Gasteiger charge is -2.39. The summed E-state index contributed by atoms with van der Waals surface area (Å²) in [4.78, 5) is 40.1. The zero-order valence-electron chi connectivity index (χ0n) is 17.9. The fraction of sp³-hybridized carbons (Fsp3) is 0.391. The van der Waals surface area contributed by atoms with Gasteiger partial charge in [-0.3, -0.25) is 14.6 Å². The summed E-state index contributed by atoms with van der Waals surface area (Å²) in [5.41, 5.74) is 2.52. The van der Waals surface area contributed by atoms with Gasteiger partial charge in [0, 0.05) is 31.0 Å². The van der Waals surface area contributed by atoms with Gasteiger partial charge in [0.15, 0.2) is 0 Å². The van der Waals surface area contributed by atoms with Gasteiger partial charge in [-0.1, -0.05) is 30.3 Å². The summed E-state index contributed by atoms with van der Waals surface area (Å²) in [5.74, 6) is -2.70. The van der Waals surface area contributed by atoms with Gasteiger partial charge in [0.1, 0.15) is 0 Å². The number of aliphatic carboxylic acids is 1. The third kappa shape index (κ3) is 5.88. The minimum Gasteiger partial charge on any atom is -0.475 e. The number of aryl methyl sites for hydroxylation is 1.